The van der Waals surface area contributed by atoms with E-state index < -0.39 is 0 Å². The van der Waals surface area contributed by atoms with Gasteiger partial charge in [0, 0.05) is 26.2 Å². The van der Waals surface area contributed by atoms with E-state index in [1.807, 2.05) is 28.9 Å². The van der Waals surface area contributed by atoms with Crippen LogP contribution in [-0.4, -0.2) is 33.7 Å². The van der Waals surface area contributed by atoms with Gasteiger partial charge in [-0.3, -0.25) is 9.48 Å². The van der Waals surface area contributed by atoms with E-state index >= 15 is 0 Å². The first kappa shape index (κ1) is 13.6. The highest BCUT2D eigenvalue weighted by Crippen LogP contribution is 2.30. The second-order valence-corrected chi connectivity index (χ2v) is 5.27. The predicted molar refractivity (Wildman–Crippen MR) is 71.2 cm³/mol. The standard InChI is InChI=1S/C14H20N4O/c1-11-9-16-18(10-11)14(3-6-15)13-4-7-17(8-5-13)12(2)19/h9-10,13-14H,3-5,7-8H2,1-2H3. The molecule has 0 aromatic carbocycles. The lowest BCUT2D eigenvalue weighted by atomic mass is 9.88. The van der Waals surface area contributed by atoms with Crippen molar-refractivity contribution in [1.29, 1.82) is 5.26 Å². The molecule has 0 N–H and O–H groups in total. The Labute approximate surface area is 113 Å². The fourth-order valence-corrected chi connectivity index (χ4v) is 2.78. The van der Waals surface area contributed by atoms with Crippen LogP contribution in [0.4, 0.5) is 0 Å². The number of rotatable bonds is 3. The lowest BCUT2D eigenvalue weighted by Gasteiger charge is -2.35. The summed E-state index contributed by atoms with van der Waals surface area (Å²) in [6, 6.07) is 2.40. The van der Waals surface area contributed by atoms with E-state index in [9.17, 15) is 4.79 Å². The number of aryl methyl sites for hydroxylation is 1. The average Bonchev–Trinajstić information content (AvgIpc) is 2.82. The molecule has 0 spiro atoms. The van der Waals surface area contributed by atoms with Crippen LogP contribution >= 0.6 is 0 Å². The summed E-state index contributed by atoms with van der Waals surface area (Å²) in [5.41, 5.74) is 1.11. The van der Waals surface area contributed by atoms with Gasteiger partial charge in [0.1, 0.15) is 0 Å². The smallest absolute Gasteiger partial charge is 0.219 e. The Morgan fingerprint density at radius 3 is 2.74 bits per heavy atom. The summed E-state index contributed by atoms with van der Waals surface area (Å²) >= 11 is 0. The van der Waals surface area contributed by atoms with Gasteiger partial charge in [0.25, 0.3) is 0 Å². The molecular weight excluding hydrogens is 240 g/mol. The van der Waals surface area contributed by atoms with Crippen LogP contribution in [0.25, 0.3) is 0 Å². The van der Waals surface area contributed by atoms with Crippen LogP contribution in [0.15, 0.2) is 12.4 Å². The van der Waals surface area contributed by atoms with Crippen LogP contribution in [0, 0.1) is 24.2 Å². The summed E-state index contributed by atoms with van der Waals surface area (Å²) in [6.45, 7) is 5.21. The van der Waals surface area contributed by atoms with Crippen LogP contribution in [0.1, 0.15) is 37.8 Å². The zero-order valence-corrected chi connectivity index (χ0v) is 11.5. The third kappa shape index (κ3) is 3.14. The predicted octanol–water partition coefficient (Wildman–Crippen LogP) is 1.90. The number of carbonyl (C=O) groups excluding carboxylic acids is 1. The monoisotopic (exact) mass is 260 g/mol. The molecule has 0 radical (unpaired) electrons. The van der Waals surface area contributed by atoms with Crippen LogP contribution < -0.4 is 0 Å². The number of likely N-dealkylation sites (tertiary alicyclic amines) is 1. The fraction of sp³-hybridized carbons (Fsp3) is 0.643. The van der Waals surface area contributed by atoms with E-state index in [2.05, 4.69) is 11.2 Å². The maximum atomic E-state index is 11.3. The van der Waals surface area contributed by atoms with Crippen molar-refractivity contribution in [2.75, 3.05) is 13.1 Å². The van der Waals surface area contributed by atoms with Crippen molar-refractivity contribution in [2.24, 2.45) is 5.92 Å². The number of aromatic nitrogens is 2. The highest BCUT2D eigenvalue weighted by Gasteiger charge is 2.28. The van der Waals surface area contributed by atoms with Crippen molar-refractivity contribution in [1.82, 2.24) is 14.7 Å². The molecule has 0 bridgehead atoms. The molecule has 102 valence electrons. The van der Waals surface area contributed by atoms with Crippen molar-refractivity contribution < 1.29 is 4.79 Å². The molecule has 1 aromatic rings. The number of hydrogen-bond donors (Lipinski definition) is 0. The Morgan fingerprint density at radius 2 is 2.26 bits per heavy atom. The number of hydrogen-bond acceptors (Lipinski definition) is 3. The van der Waals surface area contributed by atoms with E-state index in [-0.39, 0.29) is 11.9 Å². The fourth-order valence-electron chi connectivity index (χ4n) is 2.78. The molecule has 1 aliphatic rings. The zero-order valence-electron chi connectivity index (χ0n) is 11.5. The minimum absolute atomic E-state index is 0.132. The molecule has 0 aliphatic carbocycles. The van der Waals surface area contributed by atoms with Crippen LogP contribution in [0.3, 0.4) is 0 Å². The van der Waals surface area contributed by atoms with Gasteiger partial charge in [-0.2, -0.15) is 10.4 Å². The lowest BCUT2D eigenvalue weighted by molar-refractivity contribution is -0.130. The molecule has 5 heteroatoms. The molecule has 1 unspecified atom stereocenters. The molecule has 2 rings (SSSR count). The summed E-state index contributed by atoms with van der Waals surface area (Å²) in [7, 11) is 0. The number of amides is 1. The normalized spacial score (nSPS) is 18.1. The van der Waals surface area contributed by atoms with Crippen LogP contribution in [0.2, 0.25) is 0 Å². The summed E-state index contributed by atoms with van der Waals surface area (Å²) in [6.07, 6.45) is 6.20. The van der Waals surface area contributed by atoms with E-state index in [0.717, 1.165) is 31.5 Å². The minimum atomic E-state index is 0.132. The summed E-state index contributed by atoms with van der Waals surface area (Å²) in [5, 5.41) is 13.4. The SMILES string of the molecule is CC(=O)N1CCC(C(CC#N)n2cc(C)cn2)CC1. The zero-order chi connectivity index (χ0) is 13.8. The molecule has 1 saturated heterocycles. The highest BCUT2D eigenvalue weighted by atomic mass is 16.2. The molecule has 1 aliphatic heterocycles. The van der Waals surface area contributed by atoms with E-state index in [1.54, 1.807) is 6.92 Å². The third-order valence-electron chi connectivity index (χ3n) is 3.90. The molecular formula is C14H20N4O. The minimum Gasteiger partial charge on any atom is -0.343 e. The molecule has 1 aromatic heterocycles. The molecule has 1 fully saturated rings. The van der Waals surface area contributed by atoms with Gasteiger partial charge in [0.15, 0.2) is 0 Å². The van der Waals surface area contributed by atoms with E-state index in [1.165, 1.54) is 0 Å². The van der Waals surface area contributed by atoms with Gasteiger partial charge in [-0.15, -0.1) is 0 Å². The molecule has 1 atom stereocenters. The quantitative estimate of drug-likeness (QED) is 0.834. The molecule has 2 heterocycles. The second-order valence-electron chi connectivity index (χ2n) is 5.27. The number of nitrogens with zero attached hydrogens (tertiary/aromatic N) is 4. The molecule has 1 amide bonds. The van der Waals surface area contributed by atoms with Crippen LogP contribution in [0.5, 0.6) is 0 Å². The van der Waals surface area contributed by atoms with Gasteiger partial charge in [0.2, 0.25) is 5.91 Å². The van der Waals surface area contributed by atoms with Crippen molar-refractivity contribution in [3.8, 4) is 6.07 Å². The maximum Gasteiger partial charge on any atom is 0.219 e. The average molecular weight is 260 g/mol. The topological polar surface area (TPSA) is 61.9 Å². The Hall–Kier alpha value is -1.83. The van der Waals surface area contributed by atoms with Crippen molar-refractivity contribution >= 4 is 5.91 Å². The van der Waals surface area contributed by atoms with Crippen molar-refractivity contribution in [2.45, 2.75) is 39.2 Å². The van der Waals surface area contributed by atoms with E-state index in [0.29, 0.717) is 12.3 Å². The summed E-state index contributed by atoms with van der Waals surface area (Å²) in [5.74, 6) is 0.569. The van der Waals surface area contributed by atoms with Gasteiger partial charge in [-0.25, -0.2) is 0 Å². The van der Waals surface area contributed by atoms with Gasteiger partial charge in [0.05, 0.1) is 24.7 Å². The van der Waals surface area contributed by atoms with E-state index in [4.69, 9.17) is 5.26 Å². The van der Waals surface area contributed by atoms with Gasteiger partial charge in [-0.05, 0) is 31.2 Å². The van der Waals surface area contributed by atoms with Gasteiger partial charge in [-0.1, -0.05) is 0 Å². The third-order valence-corrected chi connectivity index (χ3v) is 3.90. The largest absolute Gasteiger partial charge is 0.343 e. The molecule has 19 heavy (non-hydrogen) atoms. The van der Waals surface area contributed by atoms with Crippen LogP contribution in [-0.2, 0) is 4.79 Å². The Bertz CT molecular complexity index is 480. The second kappa shape index (κ2) is 5.87. The van der Waals surface area contributed by atoms with Gasteiger partial charge >= 0.3 is 0 Å². The lowest BCUT2D eigenvalue weighted by Crippen LogP contribution is -2.39. The Balaban J connectivity index is 2.05. The highest BCUT2D eigenvalue weighted by molar-refractivity contribution is 5.73. The van der Waals surface area contributed by atoms with Gasteiger partial charge < -0.3 is 4.90 Å². The maximum absolute atomic E-state index is 11.3. The Kier molecular flexibility index (Phi) is 4.20. The van der Waals surface area contributed by atoms with Crippen molar-refractivity contribution in [3.63, 3.8) is 0 Å². The number of nitriles is 1. The van der Waals surface area contributed by atoms with Crippen molar-refractivity contribution in [3.05, 3.63) is 18.0 Å². The summed E-state index contributed by atoms with van der Waals surface area (Å²) in [4.78, 5) is 13.2. The first-order valence-corrected chi connectivity index (χ1v) is 6.75. The first-order chi connectivity index (χ1) is 9.11. The first-order valence-electron chi connectivity index (χ1n) is 6.75. The number of carbonyl (C=O) groups is 1. The molecule has 5 nitrogen and oxygen atoms in total. The number of piperidine rings is 1. The Morgan fingerprint density at radius 1 is 1.58 bits per heavy atom. The molecule has 0 saturated carbocycles. The summed E-state index contributed by atoms with van der Waals surface area (Å²) < 4.78 is 1.92.